The number of piperidine rings is 1. The normalized spacial score (nSPS) is 21.6. The first-order chi connectivity index (χ1) is 16.6. The third kappa shape index (κ3) is 4.94. The Kier molecular flexibility index (Phi) is 6.54. The Morgan fingerprint density at radius 2 is 1.68 bits per heavy atom. The van der Waals surface area contributed by atoms with Gasteiger partial charge in [-0.05, 0) is 31.3 Å². The lowest BCUT2D eigenvalue weighted by atomic mass is 9.90. The zero-order valence-electron chi connectivity index (χ0n) is 19.7. The molecule has 178 valence electrons. The van der Waals surface area contributed by atoms with Crippen molar-refractivity contribution < 1.29 is 14.3 Å². The van der Waals surface area contributed by atoms with E-state index in [9.17, 15) is 9.59 Å². The van der Waals surface area contributed by atoms with Gasteiger partial charge in [-0.25, -0.2) is 0 Å². The summed E-state index contributed by atoms with van der Waals surface area (Å²) in [6.07, 6.45) is 0.977. The molecule has 2 aliphatic heterocycles. The molecule has 3 aromatic rings. The Morgan fingerprint density at radius 1 is 0.941 bits per heavy atom. The van der Waals surface area contributed by atoms with Gasteiger partial charge in [-0.2, -0.15) is 0 Å². The molecule has 2 aliphatic rings. The largest absolute Gasteiger partial charge is 0.490 e. The number of para-hydroxylation sites is 2. The van der Waals surface area contributed by atoms with Crippen LogP contribution in [0.25, 0.3) is 10.9 Å². The number of ether oxygens (including phenoxy) is 1. The number of aromatic amines is 1. The number of fused-ring (bicyclic) bond motifs is 1. The Bertz CT molecular complexity index is 1100. The Labute approximate surface area is 200 Å². The molecule has 7 nitrogen and oxygen atoms in total. The Balaban J connectivity index is 1.32. The summed E-state index contributed by atoms with van der Waals surface area (Å²) in [4.78, 5) is 35.9. The van der Waals surface area contributed by atoms with Gasteiger partial charge in [0.25, 0.3) is 5.91 Å². The average Bonchev–Trinajstić information content (AvgIpc) is 3.30. The first-order valence-corrected chi connectivity index (χ1v) is 12.1. The highest BCUT2D eigenvalue weighted by Crippen LogP contribution is 2.28. The van der Waals surface area contributed by atoms with E-state index >= 15 is 0 Å². The molecular formula is C27H32N4O3. The number of carbonyl (C=O) groups is 2. The number of nitrogens with one attached hydrogen (secondary N) is 1. The van der Waals surface area contributed by atoms with Crippen molar-refractivity contribution in [3.8, 4) is 5.75 Å². The molecule has 0 bridgehead atoms. The van der Waals surface area contributed by atoms with Gasteiger partial charge >= 0.3 is 0 Å². The van der Waals surface area contributed by atoms with E-state index in [0.717, 1.165) is 42.8 Å². The van der Waals surface area contributed by atoms with Crippen molar-refractivity contribution in [2.75, 3.05) is 46.3 Å². The van der Waals surface area contributed by atoms with Crippen LogP contribution in [0.4, 0.5) is 0 Å². The van der Waals surface area contributed by atoms with Crippen LogP contribution in [0.3, 0.4) is 0 Å². The van der Waals surface area contributed by atoms with Crippen molar-refractivity contribution in [1.82, 2.24) is 19.7 Å². The summed E-state index contributed by atoms with van der Waals surface area (Å²) in [7, 11) is 2.08. The maximum absolute atomic E-state index is 13.4. The van der Waals surface area contributed by atoms with E-state index in [1.807, 2.05) is 70.5 Å². The highest BCUT2D eigenvalue weighted by atomic mass is 16.5. The van der Waals surface area contributed by atoms with E-state index in [0.29, 0.717) is 31.6 Å². The zero-order valence-corrected chi connectivity index (χ0v) is 19.7. The van der Waals surface area contributed by atoms with E-state index in [1.54, 1.807) is 0 Å². The maximum atomic E-state index is 13.4. The van der Waals surface area contributed by atoms with Crippen LogP contribution in [0.5, 0.6) is 5.75 Å². The minimum Gasteiger partial charge on any atom is -0.490 e. The minimum atomic E-state index is -0.106. The standard InChI is InChI=1S/C27H32N4O3/c1-29-13-15-30(16-14-29)26(32)18-21-19-31(12-11-25(21)34-22-8-3-2-4-9-22)27(33)24-17-20-7-5-6-10-23(20)28-24/h2-10,17,21,25,28H,11-16,18-19H2,1H3/t21-,25-/m0/s1. The van der Waals surface area contributed by atoms with Gasteiger partial charge in [0.15, 0.2) is 0 Å². The van der Waals surface area contributed by atoms with E-state index < -0.39 is 0 Å². The number of hydrogen-bond acceptors (Lipinski definition) is 4. The molecule has 2 amide bonds. The number of likely N-dealkylation sites (N-methyl/N-ethyl adjacent to an activating group) is 1. The number of aromatic nitrogens is 1. The van der Waals surface area contributed by atoms with Gasteiger partial charge in [-0.1, -0.05) is 36.4 Å². The lowest BCUT2D eigenvalue weighted by Crippen LogP contribution is -2.51. The van der Waals surface area contributed by atoms with Gasteiger partial charge in [-0.15, -0.1) is 0 Å². The molecule has 5 rings (SSSR count). The molecular weight excluding hydrogens is 428 g/mol. The van der Waals surface area contributed by atoms with E-state index in [-0.39, 0.29) is 23.8 Å². The second-order valence-corrected chi connectivity index (χ2v) is 9.43. The van der Waals surface area contributed by atoms with E-state index in [1.165, 1.54) is 0 Å². The predicted octanol–water partition coefficient (Wildman–Crippen LogP) is 3.24. The molecule has 0 saturated carbocycles. The molecule has 0 spiro atoms. The maximum Gasteiger partial charge on any atom is 0.270 e. The summed E-state index contributed by atoms with van der Waals surface area (Å²) in [5, 5.41) is 1.02. The quantitative estimate of drug-likeness (QED) is 0.635. The first-order valence-electron chi connectivity index (χ1n) is 12.1. The fraction of sp³-hybridized carbons (Fsp3) is 0.407. The van der Waals surface area contributed by atoms with Gasteiger partial charge in [0.2, 0.25) is 5.91 Å². The molecule has 2 atom stereocenters. The third-order valence-corrected chi connectivity index (χ3v) is 7.04. The molecule has 34 heavy (non-hydrogen) atoms. The summed E-state index contributed by atoms with van der Waals surface area (Å²) in [5.41, 5.74) is 1.54. The van der Waals surface area contributed by atoms with Crippen molar-refractivity contribution in [3.05, 3.63) is 66.4 Å². The second kappa shape index (κ2) is 9.89. The van der Waals surface area contributed by atoms with Crippen molar-refractivity contribution >= 4 is 22.7 Å². The average molecular weight is 461 g/mol. The van der Waals surface area contributed by atoms with Crippen molar-refractivity contribution in [2.45, 2.75) is 18.9 Å². The van der Waals surface area contributed by atoms with Crippen molar-refractivity contribution in [1.29, 1.82) is 0 Å². The van der Waals surface area contributed by atoms with Crippen molar-refractivity contribution in [2.24, 2.45) is 5.92 Å². The third-order valence-electron chi connectivity index (χ3n) is 7.04. The van der Waals surface area contributed by atoms with Crippen LogP contribution in [-0.2, 0) is 4.79 Å². The number of amides is 2. The number of carbonyl (C=O) groups excluding carboxylic acids is 2. The monoisotopic (exact) mass is 460 g/mol. The summed E-state index contributed by atoms with van der Waals surface area (Å²) in [6.45, 7) is 4.40. The van der Waals surface area contributed by atoms with Crippen LogP contribution in [0.15, 0.2) is 60.7 Å². The summed E-state index contributed by atoms with van der Waals surface area (Å²) >= 11 is 0. The fourth-order valence-corrected chi connectivity index (χ4v) is 4.99. The molecule has 7 heteroatoms. The zero-order chi connectivity index (χ0) is 23.5. The molecule has 1 N–H and O–H groups in total. The molecule has 3 heterocycles. The van der Waals surface area contributed by atoms with E-state index in [4.69, 9.17) is 4.74 Å². The number of rotatable bonds is 5. The molecule has 2 saturated heterocycles. The molecule has 1 aromatic heterocycles. The number of piperazine rings is 1. The summed E-state index contributed by atoms with van der Waals surface area (Å²) < 4.78 is 6.33. The predicted molar refractivity (Wildman–Crippen MR) is 132 cm³/mol. The van der Waals surface area contributed by atoms with E-state index in [2.05, 4.69) is 16.9 Å². The number of benzene rings is 2. The number of likely N-dealkylation sites (tertiary alicyclic amines) is 1. The molecule has 2 fully saturated rings. The van der Waals surface area contributed by atoms with Gasteiger partial charge in [-0.3, -0.25) is 9.59 Å². The Hall–Kier alpha value is -3.32. The second-order valence-electron chi connectivity index (χ2n) is 9.43. The number of H-pyrrole nitrogens is 1. The SMILES string of the molecule is CN1CCN(C(=O)C[C@H]2CN(C(=O)c3cc4ccccc4[nH]3)CC[C@@H]2Oc2ccccc2)CC1. The molecule has 0 radical (unpaired) electrons. The highest BCUT2D eigenvalue weighted by Gasteiger charge is 2.36. The summed E-state index contributed by atoms with van der Waals surface area (Å²) in [6, 6.07) is 19.6. The van der Waals surface area contributed by atoms with Crippen LogP contribution in [-0.4, -0.2) is 83.9 Å². The molecule has 0 aliphatic carbocycles. The van der Waals surface area contributed by atoms with Gasteiger partial charge in [0.1, 0.15) is 17.5 Å². The van der Waals surface area contributed by atoms with Crippen LogP contribution in [0, 0.1) is 5.92 Å². The smallest absolute Gasteiger partial charge is 0.270 e. The summed E-state index contributed by atoms with van der Waals surface area (Å²) in [5.74, 6) is 0.875. The van der Waals surface area contributed by atoms with Crippen molar-refractivity contribution in [3.63, 3.8) is 0 Å². The number of nitrogens with zero attached hydrogens (tertiary/aromatic N) is 3. The van der Waals surface area contributed by atoms with Gasteiger partial charge in [0.05, 0.1) is 0 Å². The fourth-order valence-electron chi connectivity index (χ4n) is 4.99. The van der Waals surface area contributed by atoms with Crippen LogP contribution < -0.4 is 4.74 Å². The topological polar surface area (TPSA) is 68.9 Å². The first kappa shape index (κ1) is 22.5. The highest BCUT2D eigenvalue weighted by molar-refractivity contribution is 5.98. The lowest BCUT2D eigenvalue weighted by Gasteiger charge is -2.39. The van der Waals surface area contributed by atoms with Crippen LogP contribution in [0.2, 0.25) is 0 Å². The Morgan fingerprint density at radius 3 is 2.44 bits per heavy atom. The van der Waals surface area contributed by atoms with Crippen LogP contribution in [0.1, 0.15) is 23.3 Å². The lowest BCUT2D eigenvalue weighted by molar-refractivity contribution is -0.135. The number of hydrogen-bond donors (Lipinski definition) is 1. The van der Waals surface area contributed by atoms with Crippen LogP contribution >= 0.6 is 0 Å². The minimum absolute atomic E-state index is 0.0218. The molecule has 0 unspecified atom stereocenters. The van der Waals surface area contributed by atoms with Gasteiger partial charge < -0.3 is 24.4 Å². The van der Waals surface area contributed by atoms with Gasteiger partial charge in [0, 0.05) is 68.9 Å². The molecule has 2 aromatic carbocycles.